The lowest BCUT2D eigenvalue weighted by atomic mass is 10.1. The fourth-order valence-corrected chi connectivity index (χ4v) is 2.69. The Morgan fingerprint density at radius 1 is 1.20 bits per heavy atom. The van der Waals surface area contributed by atoms with E-state index in [1.54, 1.807) is 0 Å². The lowest BCUT2D eigenvalue weighted by molar-refractivity contribution is 0.0883. The molecule has 1 aliphatic heterocycles. The molecule has 0 atom stereocenters. The number of benzene rings is 1. The van der Waals surface area contributed by atoms with E-state index in [4.69, 9.17) is 14.2 Å². The summed E-state index contributed by atoms with van der Waals surface area (Å²) in [5.74, 6) is 1.70. The highest BCUT2D eigenvalue weighted by Gasteiger charge is 2.21. The monoisotopic (exact) mass is 345 g/mol. The number of nitrogens with zero attached hydrogens (tertiary/aromatic N) is 3. The summed E-state index contributed by atoms with van der Waals surface area (Å²) < 4.78 is 17.5. The summed E-state index contributed by atoms with van der Waals surface area (Å²) in [6, 6.07) is 5.66. The third-order valence-electron chi connectivity index (χ3n) is 3.97. The van der Waals surface area contributed by atoms with Crippen LogP contribution in [0.2, 0.25) is 0 Å². The second-order valence-corrected chi connectivity index (χ2v) is 5.84. The fourth-order valence-electron chi connectivity index (χ4n) is 2.69. The highest BCUT2D eigenvalue weighted by atomic mass is 16.7. The smallest absolute Gasteiger partial charge is 0.336 e. The third-order valence-corrected chi connectivity index (χ3v) is 3.97. The number of hydrogen-bond donors (Lipinski definition) is 0. The SMILES string of the molecule is CCCCCCC(=O)n1nc(OCC)nc1-c1ccc2c(c1)OCO2. The van der Waals surface area contributed by atoms with Gasteiger partial charge in [0.05, 0.1) is 6.61 Å². The normalized spacial score (nSPS) is 12.4. The molecule has 1 aromatic heterocycles. The van der Waals surface area contributed by atoms with Gasteiger partial charge in [0.25, 0.3) is 0 Å². The Hall–Kier alpha value is -2.57. The van der Waals surface area contributed by atoms with E-state index in [9.17, 15) is 4.79 Å². The van der Waals surface area contributed by atoms with E-state index >= 15 is 0 Å². The zero-order valence-corrected chi connectivity index (χ0v) is 14.7. The minimum atomic E-state index is -0.0813. The summed E-state index contributed by atoms with van der Waals surface area (Å²) in [4.78, 5) is 17.0. The van der Waals surface area contributed by atoms with Gasteiger partial charge < -0.3 is 14.2 Å². The summed E-state index contributed by atoms with van der Waals surface area (Å²) in [5, 5.41) is 4.23. The van der Waals surface area contributed by atoms with E-state index in [1.165, 1.54) is 4.68 Å². The van der Waals surface area contributed by atoms with Gasteiger partial charge >= 0.3 is 6.01 Å². The molecular formula is C18H23N3O4. The van der Waals surface area contributed by atoms with Gasteiger partial charge in [-0.3, -0.25) is 4.79 Å². The molecule has 0 radical (unpaired) electrons. The van der Waals surface area contributed by atoms with Crippen molar-refractivity contribution >= 4 is 5.91 Å². The Balaban J connectivity index is 1.85. The first-order chi connectivity index (χ1) is 12.2. The first-order valence-electron chi connectivity index (χ1n) is 8.76. The number of aromatic nitrogens is 3. The van der Waals surface area contributed by atoms with Crippen LogP contribution in [-0.4, -0.2) is 34.1 Å². The molecule has 0 bridgehead atoms. The molecule has 0 amide bonds. The quantitative estimate of drug-likeness (QED) is 0.679. The molecular weight excluding hydrogens is 322 g/mol. The second-order valence-electron chi connectivity index (χ2n) is 5.84. The van der Waals surface area contributed by atoms with Gasteiger partial charge in [0.1, 0.15) is 0 Å². The van der Waals surface area contributed by atoms with Gasteiger partial charge in [-0.25, -0.2) is 0 Å². The maximum absolute atomic E-state index is 12.6. The summed E-state index contributed by atoms with van der Waals surface area (Å²) in [6.07, 6.45) is 4.58. The van der Waals surface area contributed by atoms with Crippen molar-refractivity contribution in [3.63, 3.8) is 0 Å². The van der Waals surface area contributed by atoms with E-state index < -0.39 is 0 Å². The molecule has 7 heteroatoms. The van der Waals surface area contributed by atoms with Crippen molar-refractivity contribution in [2.24, 2.45) is 0 Å². The number of fused-ring (bicyclic) bond motifs is 1. The van der Waals surface area contributed by atoms with Crippen LogP contribution in [0.4, 0.5) is 0 Å². The number of hydrogen-bond acceptors (Lipinski definition) is 6. The number of carbonyl (C=O) groups is 1. The molecule has 0 fully saturated rings. The van der Waals surface area contributed by atoms with E-state index in [1.807, 2.05) is 25.1 Å². The maximum Gasteiger partial charge on any atom is 0.336 e. The highest BCUT2D eigenvalue weighted by Crippen LogP contribution is 2.35. The van der Waals surface area contributed by atoms with Gasteiger partial charge in [0.15, 0.2) is 17.3 Å². The second kappa shape index (κ2) is 8.00. The summed E-state index contributed by atoms with van der Waals surface area (Å²) in [5.41, 5.74) is 0.740. The van der Waals surface area contributed by atoms with Crippen LogP contribution < -0.4 is 14.2 Å². The van der Waals surface area contributed by atoms with E-state index in [0.717, 1.165) is 31.2 Å². The largest absolute Gasteiger partial charge is 0.463 e. The Labute approximate surface area is 146 Å². The number of rotatable bonds is 8. The van der Waals surface area contributed by atoms with E-state index in [0.29, 0.717) is 30.4 Å². The highest BCUT2D eigenvalue weighted by molar-refractivity contribution is 5.82. The molecule has 0 spiro atoms. The number of unbranched alkanes of at least 4 members (excludes halogenated alkanes) is 3. The predicted octanol–water partition coefficient (Wildman–Crippen LogP) is 3.68. The minimum absolute atomic E-state index is 0.0813. The van der Waals surface area contributed by atoms with Crippen molar-refractivity contribution in [2.75, 3.05) is 13.4 Å². The number of ether oxygens (including phenoxy) is 3. The van der Waals surface area contributed by atoms with Crippen LogP contribution in [0.5, 0.6) is 17.5 Å². The fraction of sp³-hybridized carbons (Fsp3) is 0.500. The molecule has 25 heavy (non-hydrogen) atoms. The molecule has 0 saturated carbocycles. The average Bonchev–Trinajstić information content (AvgIpc) is 3.25. The van der Waals surface area contributed by atoms with Crippen molar-refractivity contribution in [3.05, 3.63) is 18.2 Å². The standard InChI is InChI=1S/C18H23N3O4/c1-3-5-6-7-8-16(22)21-17(19-18(20-21)23-4-2)13-9-10-14-15(11-13)25-12-24-14/h9-11H,3-8,12H2,1-2H3. The molecule has 0 saturated heterocycles. The lowest BCUT2D eigenvalue weighted by Gasteiger charge is -2.05. The molecule has 2 aromatic rings. The third kappa shape index (κ3) is 3.92. The molecule has 1 aromatic carbocycles. The van der Waals surface area contributed by atoms with Crippen LogP contribution >= 0.6 is 0 Å². The summed E-state index contributed by atoms with van der Waals surface area (Å²) >= 11 is 0. The van der Waals surface area contributed by atoms with Gasteiger partial charge in [-0.05, 0) is 31.5 Å². The Morgan fingerprint density at radius 2 is 2.04 bits per heavy atom. The van der Waals surface area contributed by atoms with Crippen molar-refractivity contribution in [3.8, 4) is 28.9 Å². The lowest BCUT2D eigenvalue weighted by Crippen LogP contribution is -2.14. The first-order valence-corrected chi connectivity index (χ1v) is 8.76. The van der Waals surface area contributed by atoms with Crippen LogP contribution in [0.15, 0.2) is 18.2 Å². The molecule has 0 N–H and O–H groups in total. The summed E-state index contributed by atoms with van der Waals surface area (Å²) in [7, 11) is 0. The molecule has 0 aliphatic carbocycles. The van der Waals surface area contributed by atoms with Gasteiger partial charge in [-0.15, -0.1) is 5.10 Å². The van der Waals surface area contributed by atoms with Crippen LogP contribution in [-0.2, 0) is 0 Å². The zero-order chi connectivity index (χ0) is 17.6. The predicted molar refractivity (Wildman–Crippen MR) is 92.1 cm³/mol. The van der Waals surface area contributed by atoms with E-state index in [-0.39, 0.29) is 18.7 Å². The van der Waals surface area contributed by atoms with E-state index in [2.05, 4.69) is 17.0 Å². The zero-order valence-electron chi connectivity index (χ0n) is 14.7. The van der Waals surface area contributed by atoms with Gasteiger partial charge in [0, 0.05) is 12.0 Å². The Morgan fingerprint density at radius 3 is 2.84 bits per heavy atom. The maximum atomic E-state index is 12.6. The topological polar surface area (TPSA) is 75.5 Å². The molecule has 1 aliphatic rings. The average molecular weight is 345 g/mol. The van der Waals surface area contributed by atoms with Crippen LogP contribution in [0.1, 0.15) is 50.7 Å². The van der Waals surface area contributed by atoms with Gasteiger partial charge in [0.2, 0.25) is 12.7 Å². The molecule has 7 nitrogen and oxygen atoms in total. The molecule has 134 valence electrons. The van der Waals surface area contributed by atoms with Crippen molar-refractivity contribution in [1.82, 2.24) is 14.8 Å². The van der Waals surface area contributed by atoms with Crippen LogP contribution in [0.3, 0.4) is 0 Å². The minimum Gasteiger partial charge on any atom is -0.463 e. The molecule has 3 rings (SSSR count). The van der Waals surface area contributed by atoms with Crippen molar-refractivity contribution in [2.45, 2.75) is 46.0 Å². The Kier molecular flexibility index (Phi) is 5.53. The first kappa shape index (κ1) is 17.3. The van der Waals surface area contributed by atoms with Crippen LogP contribution in [0.25, 0.3) is 11.4 Å². The Bertz CT molecular complexity index is 742. The number of carbonyl (C=O) groups excluding carboxylic acids is 1. The van der Waals surface area contributed by atoms with Gasteiger partial charge in [-0.2, -0.15) is 9.67 Å². The molecule has 2 heterocycles. The molecule has 0 unspecified atom stereocenters. The van der Waals surface area contributed by atoms with Crippen molar-refractivity contribution < 1.29 is 19.0 Å². The van der Waals surface area contributed by atoms with Gasteiger partial charge in [-0.1, -0.05) is 26.2 Å². The van der Waals surface area contributed by atoms with Crippen LogP contribution in [0, 0.1) is 0 Å². The summed E-state index contributed by atoms with van der Waals surface area (Å²) in [6.45, 7) is 4.64. The van der Waals surface area contributed by atoms with Crippen molar-refractivity contribution in [1.29, 1.82) is 0 Å².